The molecule has 1 aliphatic heterocycles. The molecule has 2 N–H and O–H groups in total. The van der Waals surface area contributed by atoms with Gasteiger partial charge in [-0.25, -0.2) is 0 Å². The van der Waals surface area contributed by atoms with Gasteiger partial charge >= 0.3 is 0 Å². The van der Waals surface area contributed by atoms with Crippen LogP contribution in [0.5, 0.6) is 0 Å². The van der Waals surface area contributed by atoms with Crippen LogP contribution in [-0.2, 0) is 6.42 Å². The molecule has 22 heavy (non-hydrogen) atoms. The highest BCUT2D eigenvalue weighted by molar-refractivity contribution is 14.0. The molecule has 0 radical (unpaired) electrons. The Bertz CT molecular complexity index is 446. The first kappa shape index (κ1) is 19.3. The van der Waals surface area contributed by atoms with Crippen LogP contribution in [0.25, 0.3) is 0 Å². The van der Waals surface area contributed by atoms with Crippen LogP contribution < -0.4 is 5.32 Å². The van der Waals surface area contributed by atoms with Crippen molar-refractivity contribution in [3.05, 3.63) is 24.2 Å². The summed E-state index contributed by atoms with van der Waals surface area (Å²) in [6.45, 7) is 8.64. The zero-order valence-electron chi connectivity index (χ0n) is 13.7. The molecule has 0 aromatic carbocycles. The lowest BCUT2D eigenvalue weighted by Gasteiger charge is -2.24. The highest BCUT2D eigenvalue weighted by Gasteiger charge is 2.28. The second kappa shape index (κ2) is 9.39. The van der Waals surface area contributed by atoms with Crippen molar-refractivity contribution in [3.63, 3.8) is 0 Å². The van der Waals surface area contributed by atoms with E-state index in [0.29, 0.717) is 18.5 Å². The van der Waals surface area contributed by atoms with Gasteiger partial charge in [0, 0.05) is 38.0 Å². The van der Waals surface area contributed by atoms with Crippen LogP contribution in [0.15, 0.2) is 27.8 Å². The van der Waals surface area contributed by atoms with Gasteiger partial charge < -0.3 is 19.7 Å². The van der Waals surface area contributed by atoms with E-state index < -0.39 is 0 Å². The average molecular weight is 421 g/mol. The second-order valence-electron chi connectivity index (χ2n) is 6.07. The van der Waals surface area contributed by atoms with Crippen molar-refractivity contribution in [3.8, 4) is 0 Å². The van der Waals surface area contributed by atoms with Gasteiger partial charge in [-0.3, -0.25) is 4.99 Å². The quantitative estimate of drug-likeness (QED) is 0.436. The number of hydrogen-bond acceptors (Lipinski definition) is 3. The minimum Gasteiger partial charge on any atom is -0.469 e. The van der Waals surface area contributed by atoms with Gasteiger partial charge in [-0.15, -0.1) is 24.0 Å². The summed E-state index contributed by atoms with van der Waals surface area (Å²) in [5, 5.41) is 13.2. The Morgan fingerprint density at radius 2 is 2.27 bits per heavy atom. The van der Waals surface area contributed by atoms with Crippen LogP contribution in [0.2, 0.25) is 0 Å². The molecule has 0 spiro atoms. The molecule has 0 saturated carbocycles. The SMILES string of the molecule is CC(C)NC(=NCCc1ccco1)N1CCC(C(C)O)C1.I. The van der Waals surface area contributed by atoms with Crippen LogP contribution >= 0.6 is 24.0 Å². The van der Waals surface area contributed by atoms with Crippen molar-refractivity contribution in [1.82, 2.24) is 10.2 Å². The summed E-state index contributed by atoms with van der Waals surface area (Å²) in [5.41, 5.74) is 0. The van der Waals surface area contributed by atoms with Crippen LogP contribution in [0, 0.1) is 5.92 Å². The predicted molar refractivity (Wildman–Crippen MR) is 99.8 cm³/mol. The molecule has 1 fully saturated rings. The third-order valence-electron chi connectivity index (χ3n) is 3.82. The molecule has 2 rings (SSSR count). The normalized spacial score (nSPS) is 20.1. The molecule has 1 aliphatic rings. The lowest BCUT2D eigenvalue weighted by molar-refractivity contribution is 0.132. The highest BCUT2D eigenvalue weighted by Crippen LogP contribution is 2.19. The Labute approximate surface area is 150 Å². The van der Waals surface area contributed by atoms with Crippen LogP contribution in [0.3, 0.4) is 0 Å². The average Bonchev–Trinajstić information content (AvgIpc) is 3.08. The largest absolute Gasteiger partial charge is 0.469 e. The summed E-state index contributed by atoms with van der Waals surface area (Å²) >= 11 is 0. The molecule has 0 bridgehead atoms. The third-order valence-corrected chi connectivity index (χ3v) is 3.82. The maximum atomic E-state index is 9.74. The fourth-order valence-electron chi connectivity index (χ4n) is 2.60. The number of aliphatic hydroxyl groups is 1. The van der Waals surface area contributed by atoms with Gasteiger partial charge in [-0.05, 0) is 39.3 Å². The number of hydrogen-bond donors (Lipinski definition) is 2. The van der Waals surface area contributed by atoms with Gasteiger partial charge in [0.1, 0.15) is 5.76 Å². The first-order valence-corrected chi connectivity index (χ1v) is 7.82. The first-order valence-electron chi connectivity index (χ1n) is 7.82. The number of furan rings is 1. The van der Waals surface area contributed by atoms with Gasteiger partial charge in [0.2, 0.25) is 0 Å². The Balaban J connectivity index is 0.00000242. The van der Waals surface area contributed by atoms with E-state index >= 15 is 0 Å². The van der Waals surface area contributed by atoms with Gasteiger partial charge in [0.05, 0.1) is 12.4 Å². The molecule has 2 atom stereocenters. The van der Waals surface area contributed by atoms with Crippen molar-refractivity contribution >= 4 is 29.9 Å². The van der Waals surface area contributed by atoms with E-state index in [9.17, 15) is 5.11 Å². The number of nitrogens with zero attached hydrogens (tertiary/aromatic N) is 2. The van der Waals surface area contributed by atoms with Crippen molar-refractivity contribution in [2.24, 2.45) is 10.9 Å². The van der Waals surface area contributed by atoms with Gasteiger partial charge in [-0.1, -0.05) is 0 Å². The van der Waals surface area contributed by atoms with Crippen molar-refractivity contribution < 1.29 is 9.52 Å². The molecular formula is C16H28IN3O2. The topological polar surface area (TPSA) is 61.0 Å². The molecule has 5 nitrogen and oxygen atoms in total. The number of likely N-dealkylation sites (tertiary alicyclic amines) is 1. The summed E-state index contributed by atoms with van der Waals surface area (Å²) in [5.74, 6) is 2.25. The zero-order chi connectivity index (χ0) is 15.2. The lowest BCUT2D eigenvalue weighted by Crippen LogP contribution is -2.43. The molecule has 2 unspecified atom stereocenters. The molecule has 0 aliphatic carbocycles. The number of nitrogens with one attached hydrogen (secondary N) is 1. The lowest BCUT2D eigenvalue weighted by atomic mass is 10.0. The summed E-state index contributed by atoms with van der Waals surface area (Å²) in [6, 6.07) is 4.22. The molecular weight excluding hydrogens is 393 g/mol. The van der Waals surface area contributed by atoms with Gasteiger partial charge in [-0.2, -0.15) is 0 Å². The highest BCUT2D eigenvalue weighted by atomic mass is 127. The third kappa shape index (κ3) is 5.79. The zero-order valence-corrected chi connectivity index (χ0v) is 16.0. The predicted octanol–water partition coefficient (Wildman–Crippen LogP) is 2.50. The van der Waals surface area contributed by atoms with E-state index in [4.69, 9.17) is 9.41 Å². The monoisotopic (exact) mass is 421 g/mol. The number of guanidine groups is 1. The molecule has 2 heterocycles. The number of halogens is 1. The van der Waals surface area contributed by atoms with Gasteiger partial charge in [0.15, 0.2) is 5.96 Å². The fourth-order valence-corrected chi connectivity index (χ4v) is 2.60. The molecule has 0 amide bonds. The summed E-state index contributed by atoms with van der Waals surface area (Å²) in [7, 11) is 0. The molecule has 1 saturated heterocycles. The second-order valence-corrected chi connectivity index (χ2v) is 6.07. The maximum Gasteiger partial charge on any atom is 0.194 e. The maximum absolute atomic E-state index is 9.74. The van der Waals surface area contributed by atoms with E-state index in [1.54, 1.807) is 6.26 Å². The number of aliphatic hydroxyl groups excluding tert-OH is 1. The van der Waals surface area contributed by atoms with Crippen LogP contribution in [0.4, 0.5) is 0 Å². The van der Waals surface area contributed by atoms with E-state index in [2.05, 4.69) is 24.1 Å². The molecule has 1 aromatic rings. The smallest absolute Gasteiger partial charge is 0.194 e. The van der Waals surface area contributed by atoms with E-state index in [0.717, 1.165) is 37.7 Å². The Morgan fingerprint density at radius 3 is 2.82 bits per heavy atom. The van der Waals surface area contributed by atoms with E-state index in [-0.39, 0.29) is 30.1 Å². The minimum absolute atomic E-state index is 0. The Morgan fingerprint density at radius 1 is 1.50 bits per heavy atom. The summed E-state index contributed by atoms with van der Waals surface area (Å²) in [6.07, 6.45) is 3.27. The first-order chi connectivity index (χ1) is 10.1. The van der Waals surface area contributed by atoms with Crippen molar-refractivity contribution in [2.45, 2.75) is 45.8 Å². The van der Waals surface area contributed by atoms with E-state index in [1.807, 2.05) is 19.1 Å². The summed E-state index contributed by atoms with van der Waals surface area (Å²) in [4.78, 5) is 6.95. The number of rotatable bonds is 5. The molecule has 1 aromatic heterocycles. The summed E-state index contributed by atoms with van der Waals surface area (Å²) < 4.78 is 5.33. The van der Waals surface area contributed by atoms with Gasteiger partial charge in [0.25, 0.3) is 0 Å². The van der Waals surface area contributed by atoms with Crippen molar-refractivity contribution in [2.75, 3.05) is 19.6 Å². The Kier molecular flexibility index (Phi) is 8.24. The standard InChI is InChI=1S/C16H27N3O2.HI/c1-12(2)18-16(17-8-6-15-5-4-10-21-15)19-9-7-14(11-19)13(3)20;/h4-5,10,12-14,20H,6-9,11H2,1-3H3,(H,17,18);1H. The van der Waals surface area contributed by atoms with Crippen LogP contribution in [-0.4, -0.2) is 47.7 Å². The minimum atomic E-state index is -0.251. The molecule has 126 valence electrons. The van der Waals surface area contributed by atoms with E-state index in [1.165, 1.54) is 0 Å². The van der Waals surface area contributed by atoms with Crippen LogP contribution in [0.1, 0.15) is 33.0 Å². The van der Waals surface area contributed by atoms with Crippen molar-refractivity contribution in [1.29, 1.82) is 0 Å². The fraction of sp³-hybridized carbons (Fsp3) is 0.688. The Hall–Kier alpha value is -0.760. The molecule has 6 heteroatoms. The number of aliphatic imine (C=N–C) groups is 1.